The zero-order valence-electron chi connectivity index (χ0n) is 10.6. The molecule has 1 unspecified atom stereocenters. The number of hydrogen-bond donors (Lipinski definition) is 1. The normalized spacial score (nSPS) is 20.3. The molecule has 1 aromatic carbocycles. The lowest BCUT2D eigenvalue weighted by Crippen LogP contribution is -2.24. The minimum absolute atomic E-state index is 0.141. The first-order valence-electron chi connectivity index (χ1n) is 6.36. The van der Waals surface area contributed by atoms with Gasteiger partial charge in [-0.3, -0.25) is 0 Å². The molecule has 1 heterocycles. The molecule has 0 bridgehead atoms. The highest BCUT2D eigenvalue weighted by Gasteiger charge is 2.27. The van der Waals surface area contributed by atoms with Crippen LogP contribution in [0.15, 0.2) is 18.2 Å². The van der Waals surface area contributed by atoms with Gasteiger partial charge in [-0.15, -0.1) is 0 Å². The van der Waals surface area contributed by atoms with Gasteiger partial charge in [0.05, 0.1) is 5.69 Å². The Kier molecular flexibility index (Phi) is 3.67. The first kappa shape index (κ1) is 12.4. The van der Waals surface area contributed by atoms with Gasteiger partial charge in [0, 0.05) is 19.6 Å². The number of hydrogen-bond acceptors (Lipinski definition) is 2. The average Bonchev–Trinajstić information content (AvgIpc) is 2.77. The summed E-state index contributed by atoms with van der Waals surface area (Å²) in [6, 6.07) is 5.18. The zero-order chi connectivity index (χ0) is 12.4. The third-order valence-electron chi connectivity index (χ3n) is 3.77. The van der Waals surface area contributed by atoms with Crippen LogP contribution in [0.3, 0.4) is 0 Å². The van der Waals surface area contributed by atoms with Gasteiger partial charge in [-0.25, -0.2) is 4.39 Å². The van der Waals surface area contributed by atoms with Crippen LogP contribution >= 0.6 is 0 Å². The van der Waals surface area contributed by atoms with Crippen LogP contribution in [-0.4, -0.2) is 13.1 Å². The summed E-state index contributed by atoms with van der Waals surface area (Å²) in [6.07, 6.45) is 1.15. The topological polar surface area (TPSA) is 29.3 Å². The van der Waals surface area contributed by atoms with Crippen molar-refractivity contribution < 1.29 is 4.39 Å². The highest BCUT2D eigenvalue weighted by Crippen LogP contribution is 2.32. The van der Waals surface area contributed by atoms with Crippen LogP contribution in [0.1, 0.15) is 25.8 Å². The molecule has 2 nitrogen and oxygen atoms in total. The number of benzene rings is 1. The quantitative estimate of drug-likeness (QED) is 0.874. The summed E-state index contributed by atoms with van der Waals surface area (Å²) >= 11 is 0. The van der Waals surface area contributed by atoms with E-state index in [1.807, 2.05) is 6.07 Å². The van der Waals surface area contributed by atoms with Crippen molar-refractivity contribution in [2.45, 2.75) is 26.8 Å². The number of nitrogens with two attached hydrogens (primary N) is 1. The standard InChI is InChI=1S/C14H21FN2/c1-10(2)12-6-7-17(9-12)14-11(8-16)4-3-5-13(14)15/h3-5,10,12H,6-9,16H2,1-2H3. The fourth-order valence-electron chi connectivity index (χ4n) is 2.61. The van der Waals surface area contributed by atoms with E-state index in [0.29, 0.717) is 18.4 Å². The molecule has 1 saturated heterocycles. The Labute approximate surface area is 103 Å². The molecule has 17 heavy (non-hydrogen) atoms. The van der Waals surface area contributed by atoms with Gasteiger partial charge < -0.3 is 10.6 Å². The van der Waals surface area contributed by atoms with Crippen molar-refractivity contribution in [3.63, 3.8) is 0 Å². The van der Waals surface area contributed by atoms with Gasteiger partial charge in [-0.1, -0.05) is 26.0 Å². The largest absolute Gasteiger partial charge is 0.369 e. The molecule has 0 aliphatic carbocycles. The van der Waals surface area contributed by atoms with E-state index in [4.69, 9.17) is 5.73 Å². The molecule has 3 heteroatoms. The van der Waals surface area contributed by atoms with Crippen LogP contribution < -0.4 is 10.6 Å². The molecule has 1 aliphatic heterocycles. The van der Waals surface area contributed by atoms with Gasteiger partial charge >= 0.3 is 0 Å². The molecule has 1 aromatic rings. The fraction of sp³-hybridized carbons (Fsp3) is 0.571. The molecule has 94 valence electrons. The van der Waals surface area contributed by atoms with E-state index in [1.165, 1.54) is 6.07 Å². The van der Waals surface area contributed by atoms with Crippen LogP contribution in [0.5, 0.6) is 0 Å². The van der Waals surface area contributed by atoms with Crippen molar-refractivity contribution in [2.24, 2.45) is 17.6 Å². The van der Waals surface area contributed by atoms with Gasteiger partial charge in [0.15, 0.2) is 0 Å². The van der Waals surface area contributed by atoms with E-state index >= 15 is 0 Å². The third-order valence-corrected chi connectivity index (χ3v) is 3.77. The Morgan fingerprint density at radius 3 is 2.82 bits per heavy atom. The van der Waals surface area contributed by atoms with Gasteiger partial charge in [-0.05, 0) is 29.9 Å². The lowest BCUT2D eigenvalue weighted by atomic mass is 9.95. The summed E-state index contributed by atoms with van der Waals surface area (Å²) in [5.74, 6) is 1.19. The minimum Gasteiger partial charge on any atom is -0.369 e. The van der Waals surface area contributed by atoms with Crippen LogP contribution in [0.4, 0.5) is 10.1 Å². The van der Waals surface area contributed by atoms with E-state index in [2.05, 4.69) is 18.7 Å². The van der Waals surface area contributed by atoms with Gasteiger partial charge in [0.1, 0.15) is 5.82 Å². The molecule has 0 spiro atoms. The van der Waals surface area contributed by atoms with E-state index in [9.17, 15) is 4.39 Å². The second kappa shape index (κ2) is 5.05. The second-order valence-corrected chi connectivity index (χ2v) is 5.19. The summed E-state index contributed by atoms with van der Waals surface area (Å²) in [6.45, 7) is 6.76. The average molecular weight is 236 g/mol. The summed E-state index contributed by atoms with van der Waals surface area (Å²) in [7, 11) is 0. The maximum Gasteiger partial charge on any atom is 0.146 e. The molecular formula is C14H21FN2. The van der Waals surface area contributed by atoms with Crippen molar-refractivity contribution in [1.82, 2.24) is 0 Å². The number of para-hydroxylation sites is 1. The maximum atomic E-state index is 13.9. The number of rotatable bonds is 3. The third kappa shape index (κ3) is 2.44. The lowest BCUT2D eigenvalue weighted by Gasteiger charge is -2.23. The Balaban J connectivity index is 2.24. The van der Waals surface area contributed by atoms with Crippen LogP contribution in [-0.2, 0) is 6.54 Å². The molecular weight excluding hydrogens is 215 g/mol. The van der Waals surface area contributed by atoms with Crippen molar-refractivity contribution in [1.29, 1.82) is 0 Å². The monoisotopic (exact) mass is 236 g/mol. The number of anilines is 1. The fourth-order valence-corrected chi connectivity index (χ4v) is 2.61. The summed E-state index contributed by atoms with van der Waals surface area (Å²) in [5, 5.41) is 0. The van der Waals surface area contributed by atoms with Crippen molar-refractivity contribution in [2.75, 3.05) is 18.0 Å². The second-order valence-electron chi connectivity index (χ2n) is 5.19. The molecule has 2 rings (SSSR count). The highest BCUT2D eigenvalue weighted by atomic mass is 19.1. The number of nitrogens with zero attached hydrogens (tertiary/aromatic N) is 1. The zero-order valence-corrected chi connectivity index (χ0v) is 10.6. The molecule has 0 radical (unpaired) electrons. The molecule has 0 amide bonds. The molecule has 0 saturated carbocycles. The van der Waals surface area contributed by atoms with Crippen molar-refractivity contribution in [3.8, 4) is 0 Å². The first-order valence-corrected chi connectivity index (χ1v) is 6.36. The van der Waals surface area contributed by atoms with Gasteiger partial charge in [0.2, 0.25) is 0 Å². The van der Waals surface area contributed by atoms with E-state index in [1.54, 1.807) is 6.07 Å². The molecule has 1 aliphatic rings. The maximum absolute atomic E-state index is 13.9. The summed E-state index contributed by atoms with van der Waals surface area (Å²) < 4.78 is 13.9. The van der Waals surface area contributed by atoms with Gasteiger partial charge in [-0.2, -0.15) is 0 Å². The lowest BCUT2D eigenvalue weighted by molar-refractivity contribution is 0.422. The first-order chi connectivity index (χ1) is 8.13. The van der Waals surface area contributed by atoms with Crippen LogP contribution in [0, 0.1) is 17.7 Å². The van der Waals surface area contributed by atoms with Crippen LogP contribution in [0.2, 0.25) is 0 Å². The summed E-state index contributed by atoms with van der Waals surface area (Å²) in [4.78, 5) is 2.15. The Hall–Kier alpha value is -1.09. The SMILES string of the molecule is CC(C)C1CCN(c2c(F)cccc2CN)C1. The van der Waals surface area contributed by atoms with Crippen molar-refractivity contribution >= 4 is 5.69 Å². The summed E-state index contributed by atoms with van der Waals surface area (Å²) in [5.41, 5.74) is 7.32. The molecule has 1 atom stereocenters. The predicted molar refractivity (Wildman–Crippen MR) is 69.4 cm³/mol. The number of halogens is 1. The Morgan fingerprint density at radius 1 is 1.47 bits per heavy atom. The minimum atomic E-state index is -0.141. The van der Waals surface area contributed by atoms with E-state index in [-0.39, 0.29) is 5.82 Å². The highest BCUT2D eigenvalue weighted by molar-refractivity contribution is 5.55. The van der Waals surface area contributed by atoms with E-state index in [0.717, 1.165) is 30.8 Å². The molecule has 2 N–H and O–H groups in total. The van der Waals surface area contributed by atoms with Crippen LogP contribution in [0.25, 0.3) is 0 Å². The molecule has 1 fully saturated rings. The van der Waals surface area contributed by atoms with Gasteiger partial charge in [0.25, 0.3) is 0 Å². The molecule has 0 aromatic heterocycles. The Bertz CT molecular complexity index is 390. The predicted octanol–water partition coefficient (Wildman–Crippen LogP) is 2.77. The van der Waals surface area contributed by atoms with E-state index < -0.39 is 0 Å². The Morgan fingerprint density at radius 2 is 2.24 bits per heavy atom. The smallest absolute Gasteiger partial charge is 0.146 e. The van der Waals surface area contributed by atoms with Crippen molar-refractivity contribution in [3.05, 3.63) is 29.6 Å².